The quantitative estimate of drug-likeness (QED) is 0.298. The van der Waals surface area contributed by atoms with Gasteiger partial charge in [-0.2, -0.15) is 0 Å². The molecule has 1 saturated heterocycles. The fraction of sp³-hybridized carbons (Fsp3) is 1.00. The third kappa shape index (κ3) is 4.73. The SMILES string of the molecule is CC(N)N(CCNCCN)N1CCNCC1. The molecule has 1 aliphatic heterocycles. The van der Waals surface area contributed by atoms with Crippen molar-refractivity contribution in [2.45, 2.75) is 13.1 Å². The van der Waals surface area contributed by atoms with Crippen LogP contribution in [0.2, 0.25) is 0 Å². The fourth-order valence-corrected chi connectivity index (χ4v) is 1.93. The highest BCUT2D eigenvalue weighted by Gasteiger charge is 2.19. The van der Waals surface area contributed by atoms with Gasteiger partial charge in [-0.25, -0.2) is 10.0 Å². The van der Waals surface area contributed by atoms with Crippen LogP contribution >= 0.6 is 0 Å². The van der Waals surface area contributed by atoms with E-state index in [-0.39, 0.29) is 6.17 Å². The first kappa shape index (κ1) is 13.8. The third-order valence-corrected chi connectivity index (χ3v) is 2.77. The van der Waals surface area contributed by atoms with Crippen LogP contribution in [0.1, 0.15) is 6.92 Å². The van der Waals surface area contributed by atoms with Crippen LogP contribution in [0.15, 0.2) is 0 Å². The first-order valence-electron chi connectivity index (χ1n) is 6.14. The minimum Gasteiger partial charge on any atom is -0.329 e. The van der Waals surface area contributed by atoms with Crippen molar-refractivity contribution >= 4 is 0 Å². The Bertz CT molecular complexity index is 169. The smallest absolute Gasteiger partial charge is 0.0682 e. The number of piperazine rings is 1. The Hall–Kier alpha value is -0.240. The molecular formula is C10H26N6. The molecule has 6 nitrogen and oxygen atoms in total. The molecule has 0 aliphatic carbocycles. The van der Waals surface area contributed by atoms with Gasteiger partial charge in [0.15, 0.2) is 0 Å². The van der Waals surface area contributed by atoms with Gasteiger partial charge < -0.3 is 22.1 Å². The van der Waals surface area contributed by atoms with E-state index in [0.29, 0.717) is 6.54 Å². The van der Waals surface area contributed by atoms with E-state index in [1.165, 1.54) is 0 Å². The Labute approximate surface area is 98.3 Å². The predicted molar refractivity (Wildman–Crippen MR) is 66.7 cm³/mol. The summed E-state index contributed by atoms with van der Waals surface area (Å²) in [5.41, 5.74) is 11.4. The second kappa shape index (κ2) is 7.94. The second-order valence-corrected chi connectivity index (χ2v) is 4.15. The second-order valence-electron chi connectivity index (χ2n) is 4.15. The maximum absolute atomic E-state index is 5.99. The van der Waals surface area contributed by atoms with Gasteiger partial charge in [-0.1, -0.05) is 0 Å². The van der Waals surface area contributed by atoms with Crippen LogP contribution in [0.5, 0.6) is 0 Å². The van der Waals surface area contributed by atoms with Crippen molar-refractivity contribution in [1.82, 2.24) is 20.7 Å². The molecule has 0 saturated carbocycles. The van der Waals surface area contributed by atoms with Gasteiger partial charge in [0.05, 0.1) is 6.17 Å². The van der Waals surface area contributed by atoms with E-state index in [1.807, 2.05) is 6.92 Å². The Morgan fingerprint density at radius 3 is 2.62 bits per heavy atom. The molecule has 0 aromatic heterocycles. The Morgan fingerprint density at radius 2 is 2.06 bits per heavy atom. The lowest BCUT2D eigenvalue weighted by molar-refractivity contribution is -0.0604. The average Bonchev–Trinajstić information content (AvgIpc) is 2.30. The van der Waals surface area contributed by atoms with Crippen LogP contribution in [0.3, 0.4) is 0 Å². The highest BCUT2D eigenvalue weighted by atomic mass is 15.7. The van der Waals surface area contributed by atoms with Crippen molar-refractivity contribution in [3.05, 3.63) is 0 Å². The maximum Gasteiger partial charge on any atom is 0.0682 e. The number of nitrogens with one attached hydrogen (secondary N) is 2. The molecule has 1 unspecified atom stereocenters. The van der Waals surface area contributed by atoms with Crippen molar-refractivity contribution in [1.29, 1.82) is 0 Å². The van der Waals surface area contributed by atoms with Gasteiger partial charge in [0.2, 0.25) is 0 Å². The van der Waals surface area contributed by atoms with Crippen molar-refractivity contribution in [2.24, 2.45) is 11.5 Å². The molecule has 96 valence electrons. The van der Waals surface area contributed by atoms with E-state index >= 15 is 0 Å². The van der Waals surface area contributed by atoms with Crippen molar-refractivity contribution in [3.8, 4) is 0 Å². The van der Waals surface area contributed by atoms with Crippen molar-refractivity contribution in [2.75, 3.05) is 52.4 Å². The number of nitrogens with zero attached hydrogens (tertiary/aromatic N) is 2. The van der Waals surface area contributed by atoms with Gasteiger partial charge in [0, 0.05) is 52.4 Å². The number of hydrogen-bond acceptors (Lipinski definition) is 6. The van der Waals surface area contributed by atoms with Gasteiger partial charge in [0.25, 0.3) is 0 Å². The summed E-state index contributed by atoms with van der Waals surface area (Å²) < 4.78 is 0. The topological polar surface area (TPSA) is 82.6 Å². The molecule has 1 rings (SSSR count). The molecule has 16 heavy (non-hydrogen) atoms. The van der Waals surface area contributed by atoms with E-state index < -0.39 is 0 Å². The Balaban J connectivity index is 2.28. The highest BCUT2D eigenvalue weighted by Crippen LogP contribution is 2.02. The van der Waals surface area contributed by atoms with E-state index in [2.05, 4.69) is 20.7 Å². The fourth-order valence-electron chi connectivity index (χ4n) is 1.93. The molecule has 1 atom stereocenters. The first-order chi connectivity index (χ1) is 7.75. The summed E-state index contributed by atoms with van der Waals surface area (Å²) in [4.78, 5) is 0. The molecule has 0 spiro atoms. The Morgan fingerprint density at radius 1 is 1.38 bits per heavy atom. The van der Waals surface area contributed by atoms with Gasteiger partial charge in [0.1, 0.15) is 0 Å². The number of rotatable bonds is 7. The third-order valence-electron chi connectivity index (χ3n) is 2.77. The summed E-state index contributed by atoms with van der Waals surface area (Å²) in [6, 6.07) is 0. The lowest BCUT2D eigenvalue weighted by Gasteiger charge is -2.40. The minimum atomic E-state index is 0.0674. The summed E-state index contributed by atoms with van der Waals surface area (Å²) >= 11 is 0. The van der Waals surface area contributed by atoms with Gasteiger partial charge in [-0.3, -0.25) is 0 Å². The minimum absolute atomic E-state index is 0.0674. The molecule has 1 aliphatic rings. The molecule has 1 heterocycles. The monoisotopic (exact) mass is 230 g/mol. The van der Waals surface area contributed by atoms with Crippen LogP contribution in [0, 0.1) is 0 Å². The summed E-state index contributed by atoms with van der Waals surface area (Å²) in [6.45, 7) is 9.63. The molecule has 0 aromatic carbocycles. The van der Waals surface area contributed by atoms with E-state index in [1.54, 1.807) is 0 Å². The van der Waals surface area contributed by atoms with Crippen LogP contribution in [-0.2, 0) is 0 Å². The molecule has 6 heteroatoms. The molecule has 0 aromatic rings. The lowest BCUT2D eigenvalue weighted by Crippen LogP contribution is -2.58. The van der Waals surface area contributed by atoms with Crippen LogP contribution in [-0.4, -0.2) is 68.5 Å². The zero-order chi connectivity index (χ0) is 11.8. The number of hydrogen-bond donors (Lipinski definition) is 4. The standard InChI is InChI=1S/C10H26N6/c1-10(12)16(9-6-13-3-2-11)15-7-4-14-5-8-15/h10,13-14H,2-9,11-12H2,1H3. The molecule has 1 fully saturated rings. The molecular weight excluding hydrogens is 204 g/mol. The number of hydrazine groups is 1. The largest absolute Gasteiger partial charge is 0.329 e. The first-order valence-corrected chi connectivity index (χ1v) is 6.14. The summed E-state index contributed by atoms with van der Waals surface area (Å²) in [6.07, 6.45) is 0.0674. The summed E-state index contributed by atoms with van der Waals surface area (Å²) in [5, 5.41) is 11.2. The van der Waals surface area contributed by atoms with Crippen molar-refractivity contribution < 1.29 is 0 Å². The molecule has 0 radical (unpaired) electrons. The Kier molecular flexibility index (Phi) is 6.86. The lowest BCUT2D eigenvalue weighted by atomic mass is 10.4. The highest BCUT2D eigenvalue weighted by molar-refractivity contribution is 4.69. The molecule has 0 amide bonds. The predicted octanol–water partition coefficient (Wildman–Crippen LogP) is -2.04. The van der Waals surface area contributed by atoms with Crippen molar-refractivity contribution in [3.63, 3.8) is 0 Å². The van der Waals surface area contributed by atoms with Crippen LogP contribution in [0.4, 0.5) is 0 Å². The normalized spacial score (nSPS) is 20.2. The summed E-state index contributed by atoms with van der Waals surface area (Å²) in [7, 11) is 0. The van der Waals surface area contributed by atoms with Gasteiger partial charge in [-0.05, 0) is 6.92 Å². The maximum atomic E-state index is 5.99. The number of nitrogens with two attached hydrogens (primary N) is 2. The van der Waals surface area contributed by atoms with Crippen LogP contribution < -0.4 is 22.1 Å². The van der Waals surface area contributed by atoms with Gasteiger partial charge in [-0.15, -0.1) is 0 Å². The average molecular weight is 230 g/mol. The van der Waals surface area contributed by atoms with E-state index in [9.17, 15) is 0 Å². The zero-order valence-electron chi connectivity index (χ0n) is 10.3. The zero-order valence-corrected chi connectivity index (χ0v) is 10.3. The molecule has 0 bridgehead atoms. The molecule has 6 N–H and O–H groups in total. The van der Waals surface area contributed by atoms with Crippen LogP contribution in [0.25, 0.3) is 0 Å². The van der Waals surface area contributed by atoms with E-state index in [4.69, 9.17) is 11.5 Å². The van der Waals surface area contributed by atoms with E-state index in [0.717, 1.165) is 45.8 Å². The van der Waals surface area contributed by atoms with Gasteiger partial charge >= 0.3 is 0 Å². The summed E-state index contributed by atoms with van der Waals surface area (Å²) in [5.74, 6) is 0.